The highest BCUT2D eigenvalue weighted by atomic mass is 16.5. The molecule has 1 aromatic rings. The van der Waals surface area contributed by atoms with Crippen molar-refractivity contribution in [2.24, 2.45) is 11.8 Å². The van der Waals surface area contributed by atoms with Crippen LogP contribution in [0.2, 0.25) is 0 Å². The average Bonchev–Trinajstić information content (AvgIpc) is 2.72. The Bertz CT molecular complexity index is 399. The molecule has 0 saturated carbocycles. The van der Waals surface area contributed by atoms with E-state index < -0.39 is 0 Å². The number of hydrogen-bond acceptors (Lipinski definition) is 2. The van der Waals surface area contributed by atoms with E-state index in [2.05, 4.69) is 18.8 Å². The molecule has 3 heteroatoms. The third kappa shape index (κ3) is 2.13. The third-order valence-corrected chi connectivity index (χ3v) is 4.30. The van der Waals surface area contributed by atoms with Gasteiger partial charge in [-0.05, 0) is 37.5 Å². The minimum Gasteiger partial charge on any atom is -0.381 e. The minimum absolute atomic E-state index is 0.574. The first-order chi connectivity index (χ1) is 8.24. The predicted octanol–water partition coefficient (Wildman–Crippen LogP) is 2.67. The molecule has 3 unspecified atom stereocenters. The van der Waals surface area contributed by atoms with E-state index in [1.165, 1.54) is 30.1 Å². The molecule has 1 N–H and O–H groups in total. The largest absolute Gasteiger partial charge is 0.381 e. The van der Waals surface area contributed by atoms with Crippen LogP contribution in [0.25, 0.3) is 0 Å². The van der Waals surface area contributed by atoms with Crippen molar-refractivity contribution in [3.05, 3.63) is 17.2 Å². The van der Waals surface area contributed by atoms with Crippen LogP contribution in [-0.2, 0) is 17.6 Å². The molecule has 0 aromatic carbocycles. The van der Waals surface area contributed by atoms with Crippen molar-refractivity contribution in [3.8, 4) is 0 Å². The highest BCUT2D eigenvalue weighted by Crippen LogP contribution is 2.32. The number of hydrogen-bond donors (Lipinski definition) is 1. The first-order valence-corrected chi connectivity index (χ1v) is 6.89. The molecule has 1 fully saturated rings. The van der Waals surface area contributed by atoms with E-state index in [0.29, 0.717) is 11.8 Å². The Labute approximate surface area is 103 Å². The molecule has 2 aliphatic rings. The maximum absolute atomic E-state index is 5.51. The van der Waals surface area contributed by atoms with Gasteiger partial charge in [-0.3, -0.25) is 0 Å². The molecule has 1 aromatic heterocycles. The van der Waals surface area contributed by atoms with Crippen LogP contribution in [0.5, 0.6) is 0 Å². The van der Waals surface area contributed by atoms with Gasteiger partial charge in [0.2, 0.25) is 0 Å². The molecule has 3 rings (SSSR count). The van der Waals surface area contributed by atoms with Gasteiger partial charge in [-0.1, -0.05) is 13.8 Å². The van der Waals surface area contributed by atoms with Gasteiger partial charge in [0.25, 0.3) is 0 Å². The van der Waals surface area contributed by atoms with Gasteiger partial charge < -0.3 is 9.72 Å². The van der Waals surface area contributed by atoms with E-state index in [1.54, 1.807) is 0 Å². The summed E-state index contributed by atoms with van der Waals surface area (Å²) in [6.45, 7) is 6.37. The molecule has 3 nitrogen and oxygen atoms in total. The van der Waals surface area contributed by atoms with E-state index in [1.807, 2.05) is 0 Å². The molecule has 1 aliphatic heterocycles. The lowest BCUT2D eigenvalue weighted by atomic mass is 9.89. The lowest BCUT2D eigenvalue weighted by Crippen LogP contribution is -2.24. The van der Waals surface area contributed by atoms with Crippen molar-refractivity contribution < 1.29 is 4.74 Å². The Morgan fingerprint density at radius 1 is 1.29 bits per heavy atom. The van der Waals surface area contributed by atoms with Crippen LogP contribution in [0.3, 0.4) is 0 Å². The van der Waals surface area contributed by atoms with Gasteiger partial charge >= 0.3 is 0 Å². The number of nitrogens with zero attached hydrogens (tertiary/aromatic N) is 1. The number of H-pyrrole nitrogens is 1. The van der Waals surface area contributed by atoms with Crippen molar-refractivity contribution in [1.82, 2.24) is 9.97 Å². The van der Waals surface area contributed by atoms with Gasteiger partial charge in [0.15, 0.2) is 0 Å². The second-order valence-corrected chi connectivity index (χ2v) is 5.84. The summed E-state index contributed by atoms with van der Waals surface area (Å²) >= 11 is 0. The Balaban J connectivity index is 1.84. The molecule has 3 atom stereocenters. The Hall–Kier alpha value is -0.830. The highest BCUT2D eigenvalue weighted by molar-refractivity contribution is 5.20. The zero-order chi connectivity index (χ0) is 11.8. The summed E-state index contributed by atoms with van der Waals surface area (Å²) in [4.78, 5) is 8.45. The SMILES string of the molecule is CC1CCc2nc(C3CCOCC3C)[nH]c2C1. The summed E-state index contributed by atoms with van der Waals surface area (Å²) < 4.78 is 5.51. The Kier molecular flexibility index (Phi) is 2.95. The summed E-state index contributed by atoms with van der Waals surface area (Å²) in [7, 11) is 0. The van der Waals surface area contributed by atoms with Crippen LogP contribution in [0.1, 0.15) is 49.8 Å². The van der Waals surface area contributed by atoms with Crippen molar-refractivity contribution >= 4 is 0 Å². The van der Waals surface area contributed by atoms with Crippen LogP contribution in [0.4, 0.5) is 0 Å². The summed E-state index contributed by atoms with van der Waals surface area (Å²) in [6.07, 6.45) is 4.74. The fourth-order valence-corrected chi connectivity index (χ4v) is 3.14. The van der Waals surface area contributed by atoms with Gasteiger partial charge in [0.05, 0.1) is 5.69 Å². The lowest BCUT2D eigenvalue weighted by molar-refractivity contribution is 0.0454. The molecule has 0 spiro atoms. The molecule has 94 valence electrons. The second kappa shape index (κ2) is 4.45. The van der Waals surface area contributed by atoms with Crippen molar-refractivity contribution in [3.63, 3.8) is 0 Å². The topological polar surface area (TPSA) is 37.9 Å². The van der Waals surface area contributed by atoms with Crippen molar-refractivity contribution in [2.75, 3.05) is 13.2 Å². The van der Waals surface area contributed by atoms with Crippen LogP contribution in [0, 0.1) is 11.8 Å². The lowest BCUT2D eigenvalue weighted by Gasteiger charge is -2.27. The molecule has 0 amide bonds. The highest BCUT2D eigenvalue weighted by Gasteiger charge is 2.28. The summed E-state index contributed by atoms with van der Waals surface area (Å²) in [5.74, 6) is 3.20. The first kappa shape index (κ1) is 11.3. The Morgan fingerprint density at radius 2 is 2.18 bits per heavy atom. The number of rotatable bonds is 1. The van der Waals surface area contributed by atoms with Gasteiger partial charge in [-0.2, -0.15) is 0 Å². The molecule has 17 heavy (non-hydrogen) atoms. The van der Waals surface area contributed by atoms with Crippen LogP contribution < -0.4 is 0 Å². The first-order valence-electron chi connectivity index (χ1n) is 6.89. The van der Waals surface area contributed by atoms with Crippen molar-refractivity contribution in [1.29, 1.82) is 0 Å². The fourth-order valence-electron chi connectivity index (χ4n) is 3.14. The van der Waals surface area contributed by atoms with E-state index in [-0.39, 0.29) is 0 Å². The third-order valence-electron chi connectivity index (χ3n) is 4.30. The maximum atomic E-state index is 5.51. The number of nitrogens with one attached hydrogen (secondary N) is 1. The van der Waals surface area contributed by atoms with Gasteiger partial charge in [-0.25, -0.2) is 4.98 Å². The summed E-state index contributed by atoms with van der Waals surface area (Å²) in [5.41, 5.74) is 2.73. The minimum atomic E-state index is 0.574. The zero-order valence-electron chi connectivity index (χ0n) is 10.8. The molecule has 0 bridgehead atoms. The Morgan fingerprint density at radius 3 is 3.00 bits per heavy atom. The van der Waals surface area contributed by atoms with Gasteiger partial charge in [0, 0.05) is 24.8 Å². The number of aromatic amines is 1. The molecule has 1 aliphatic carbocycles. The monoisotopic (exact) mass is 234 g/mol. The standard InChI is InChI=1S/C14H22N2O/c1-9-3-4-12-13(7-9)16-14(15-12)11-5-6-17-8-10(11)2/h9-11H,3-8H2,1-2H3,(H,15,16). The van der Waals surface area contributed by atoms with E-state index in [4.69, 9.17) is 9.72 Å². The van der Waals surface area contributed by atoms with Crippen LogP contribution in [0.15, 0.2) is 0 Å². The molecule has 0 radical (unpaired) electrons. The van der Waals surface area contributed by atoms with E-state index in [9.17, 15) is 0 Å². The van der Waals surface area contributed by atoms with E-state index >= 15 is 0 Å². The molecular formula is C14H22N2O. The normalized spacial score (nSPS) is 33.4. The average molecular weight is 234 g/mol. The second-order valence-electron chi connectivity index (χ2n) is 5.84. The maximum Gasteiger partial charge on any atom is 0.110 e. The van der Waals surface area contributed by atoms with Crippen LogP contribution in [-0.4, -0.2) is 23.2 Å². The summed E-state index contributed by atoms with van der Waals surface area (Å²) in [5, 5.41) is 0. The molecule has 2 heterocycles. The smallest absolute Gasteiger partial charge is 0.110 e. The number of imidazole rings is 1. The quantitative estimate of drug-likeness (QED) is 0.811. The number of aryl methyl sites for hydroxylation is 1. The number of ether oxygens (including phenoxy) is 1. The van der Waals surface area contributed by atoms with Gasteiger partial charge in [0.1, 0.15) is 5.82 Å². The molecule has 1 saturated heterocycles. The van der Waals surface area contributed by atoms with Crippen LogP contribution >= 0.6 is 0 Å². The zero-order valence-corrected chi connectivity index (χ0v) is 10.8. The summed E-state index contributed by atoms with van der Waals surface area (Å²) in [6, 6.07) is 0. The number of fused-ring (bicyclic) bond motifs is 1. The van der Waals surface area contributed by atoms with Gasteiger partial charge in [-0.15, -0.1) is 0 Å². The molecular weight excluding hydrogens is 212 g/mol. The van der Waals surface area contributed by atoms with E-state index in [0.717, 1.165) is 32.0 Å². The fraction of sp³-hybridized carbons (Fsp3) is 0.786. The number of aromatic nitrogens is 2. The van der Waals surface area contributed by atoms with Crippen molar-refractivity contribution in [2.45, 2.75) is 45.4 Å². The predicted molar refractivity (Wildman–Crippen MR) is 67.1 cm³/mol.